The molecule has 0 aliphatic heterocycles. The molecule has 0 amide bonds. The fraction of sp³-hybridized carbons (Fsp3) is 0.429. The highest BCUT2D eigenvalue weighted by Crippen LogP contribution is 2.19. The molecule has 0 spiro atoms. The number of anilines is 1. The highest BCUT2D eigenvalue weighted by molar-refractivity contribution is 5.29. The summed E-state index contributed by atoms with van der Waals surface area (Å²) in [5.74, 6) is 0.638. The Morgan fingerprint density at radius 3 is 2.84 bits per heavy atom. The maximum atomic E-state index is 5.53. The minimum Gasteiger partial charge on any atom is -0.407 e. The molecule has 1 aromatic heterocycles. The zero-order chi connectivity index (χ0) is 13.1. The van der Waals surface area contributed by atoms with Crippen LogP contribution >= 0.6 is 0 Å². The SMILES string of the molecule is Cc1ccccc1CNc1nnc(CNC2CC2)o1. The molecule has 3 rings (SSSR count). The van der Waals surface area contributed by atoms with Crippen molar-refractivity contribution in [2.45, 2.75) is 38.9 Å². The Labute approximate surface area is 112 Å². The van der Waals surface area contributed by atoms with Crippen LogP contribution in [-0.2, 0) is 13.1 Å². The molecule has 5 nitrogen and oxygen atoms in total. The van der Waals surface area contributed by atoms with Crippen LogP contribution in [0.1, 0.15) is 29.9 Å². The topological polar surface area (TPSA) is 63.0 Å². The molecule has 2 aromatic rings. The fourth-order valence-corrected chi connectivity index (χ4v) is 1.89. The van der Waals surface area contributed by atoms with Crippen LogP contribution in [0.15, 0.2) is 28.7 Å². The summed E-state index contributed by atoms with van der Waals surface area (Å²) in [6.45, 7) is 3.45. The van der Waals surface area contributed by atoms with Crippen molar-refractivity contribution in [2.75, 3.05) is 5.32 Å². The van der Waals surface area contributed by atoms with E-state index in [2.05, 4.69) is 39.9 Å². The number of benzene rings is 1. The van der Waals surface area contributed by atoms with Gasteiger partial charge in [0.15, 0.2) is 0 Å². The zero-order valence-electron chi connectivity index (χ0n) is 11.0. The standard InChI is InChI=1S/C14H18N4O/c1-10-4-2-3-5-11(10)8-16-14-18-17-13(19-14)9-15-12-6-7-12/h2-5,12,15H,6-9H2,1H3,(H,16,18). The molecule has 0 atom stereocenters. The monoisotopic (exact) mass is 258 g/mol. The maximum absolute atomic E-state index is 5.53. The lowest BCUT2D eigenvalue weighted by Gasteiger charge is -2.04. The number of nitrogens with one attached hydrogen (secondary N) is 2. The summed E-state index contributed by atoms with van der Waals surface area (Å²) in [5.41, 5.74) is 2.49. The van der Waals surface area contributed by atoms with Gasteiger partial charge in [0, 0.05) is 12.6 Å². The minimum atomic E-state index is 0.482. The molecule has 100 valence electrons. The molecule has 1 fully saturated rings. The predicted octanol–water partition coefficient (Wildman–Crippen LogP) is 2.24. The molecule has 0 bridgehead atoms. The van der Waals surface area contributed by atoms with Crippen molar-refractivity contribution in [3.05, 3.63) is 41.3 Å². The predicted molar refractivity (Wildman–Crippen MR) is 72.7 cm³/mol. The van der Waals surface area contributed by atoms with Crippen molar-refractivity contribution in [2.24, 2.45) is 0 Å². The molecule has 5 heteroatoms. The smallest absolute Gasteiger partial charge is 0.315 e. The largest absolute Gasteiger partial charge is 0.407 e. The van der Waals surface area contributed by atoms with E-state index in [4.69, 9.17) is 4.42 Å². The fourth-order valence-electron chi connectivity index (χ4n) is 1.89. The number of rotatable bonds is 6. The second kappa shape index (κ2) is 5.40. The molecule has 1 aliphatic rings. The Hall–Kier alpha value is -1.88. The second-order valence-corrected chi connectivity index (χ2v) is 4.94. The summed E-state index contributed by atoms with van der Waals surface area (Å²) < 4.78 is 5.53. The number of aromatic nitrogens is 2. The van der Waals surface area contributed by atoms with Crippen molar-refractivity contribution >= 4 is 6.01 Å². The Balaban J connectivity index is 1.53. The molecule has 1 heterocycles. The van der Waals surface area contributed by atoms with Crippen LogP contribution in [0.4, 0.5) is 6.01 Å². The maximum Gasteiger partial charge on any atom is 0.315 e. The number of aryl methyl sites for hydroxylation is 1. The Morgan fingerprint density at radius 1 is 1.21 bits per heavy atom. The van der Waals surface area contributed by atoms with Gasteiger partial charge < -0.3 is 15.1 Å². The molecule has 0 saturated heterocycles. The molecule has 1 aliphatic carbocycles. The van der Waals surface area contributed by atoms with Crippen LogP contribution in [0.5, 0.6) is 0 Å². The number of hydrogen-bond donors (Lipinski definition) is 2. The molecule has 19 heavy (non-hydrogen) atoms. The van der Waals surface area contributed by atoms with Gasteiger partial charge in [-0.3, -0.25) is 0 Å². The number of hydrogen-bond acceptors (Lipinski definition) is 5. The highest BCUT2D eigenvalue weighted by Gasteiger charge is 2.21. The van der Waals surface area contributed by atoms with Crippen molar-refractivity contribution in [3.63, 3.8) is 0 Å². The van der Waals surface area contributed by atoms with Crippen molar-refractivity contribution in [1.29, 1.82) is 0 Å². The van der Waals surface area contributed by atoms with Crippen LogP contribution in [0.25, 0.3) is 0 Å². The molecule has 1 aromatic carbocycles. The molecular weight excluding hydrogens is 240 g/mol. The van der Waals surface area contributed by atoms with E-state index in [9.17, 15) is 0 Å². The quantitative estimate of drug-likeness (QED) is 0.832. The Kier molecular flexibility index (Phi) is 3.46. The Morgan fingerprint density at radius 2 is 2.05 bits per heavy atom. The van der Waals surface area contributed by atoms with E-state index < -0.39 is 0 Å². The van der Waals surface area contributed by atoms with Crippen LogP contribution in [0.2, 0.25) is 0 Å². The van der Waals surface area contributed by atoms with Crippen molar-refractivity contribution in [3.8, 4) is 0 Å². The molecular formula is C14H18N4O. The summed E-state index contributed by atoms with van der Waals surface area (Å²) in [4.78, 5) is 0. The lowest BCUT2D eigenvalue weighted by Crippen LogP contribution is -2.15. The first-order valence-electron chi connectivity index (χ1n) is 6.65. The van der Waals surface area contributed by atoms with E-state index >= 15 is 0 Å². The highest BCUT2D eigenvalue weighted by atomic mass is 16.4. The third kappa shape index (κ3) is 3.32. The van der Waals surface area contributed by atoms with Crippen molar-refractivity contribution < 1.29 is 4.42 Å². The summed E-state index contributed by atoms with van der Waals surface area (Å²) in [7, 11) is 0. The minimum absolute atomic E-state index is 0.482. The zero-order valence-corrected chi connectivity index (χ0v) is 11.0. The first kappa shape index (κ1) is 12.2. The van der Waals surface area contributed by atoms with Crippen molar-refractivity contribution in [1.82, 2.24) is 15.5 Å². The second-order valence-electron chi connectivity index (χ2n) is 4.94. The third-order valence-electron chi connectivity index (χ3n) is 3.28. The van der Waals surface area contributed by atoms with E-state index in [1.165, 1.54) is 24.0 Å². The van der Waals surface area contributed by atoms with Gasteiger partial charge in [-0.2, -0.15) is 0 Å². The van der Waals surface area contributed by atoms with E-state index in [-0.39, 0.29) is 0 Å². The van der Waals surface area contributed by atoms with Gasteiger partial charge in [-0.15, -0.1) is 5.10 Å². The van der Waals surface area contributed by atoms with Gasteiger partial charge in [0.25, 0.3) is 0 Å². The van der Waals surface area contributed by atoms with Gasteiger partial charge in [-0.05, 0) is 30.9 Å². The third-order valence-corrected chi connectivity index (χ3v) is 3.28. The molecule has 1 saturated carbocycles. The van der Waals surface area contributed by atoms with Gasteiger partial charge in [-0.25, -0.2) is 0 Å². The van der Waals surface area contributed by atoms with Gasteiger partial charge in [0.2, 0.25) is 5.89 Å². The van der Waals surface area contributed by atoms with Gasteiger partial charge >= 0.3 is 6.01 Å². The first-order valence-corrected chi connectivity index (χ1v) is 6.65. The average Bonchev–Trinajstić information content (AvgIpc) is 3.14. The van der Waals surface area contributed by atoms with Crippen LogP contribution < -0.4 is 10.6 Å². The lowest BCUT2D eigenvalue weighted by atomic mass is 10.1. The van der Waals surface area contributed by atoms with Crippen LogP contribution in [0.3, 0.4) is 0 Å². The van der Waals surface area contributed by atoms with Gasteiger partial charge in [0.1, 0.15) is 0 Å². The lowest BCUT2D eigenvalue weighted by molar-refractivity contribution is 0.475. The number of nitrogens with zero attached hydrogens (tertiary/aromatic N) is 2. The average molecular weight is 258 g/mol. The summed E-state index contributed by atoms with van der Waals surface area (Å²) >= 11 is 0. The summed E-state index contributed by atoms with van der Waals surface area (Å²) in [6, 6.07) is 9.38. The first-order chi connectivity index (χ1) is 9.31. The van der Waals surface area contributed by atoms with E-state index in [1.807, 2.05) is 12.1 Å². The van der Waals surface area contributed by atoms with Crippen LogP contribution in [-0.4, -0.2) is 16.2 Å². The van der Waals surface area contributed by atoms with E-state index in [1.54, 1.807) is 0 Å². The normalized spacial score (nSPS) is 14.6. The Bertz CT molecular complexity index is 548. The van der Waals surface area contributed by atoms with E-state index in [0.29, 0.717) is 31.0 Å². The molecule has 2 N–H and O–H groups in total. The van der Waals surface area contributed by atoms with Gasteiger partial charge in [-0.1, -0.05) is 29.4 Å². The molecule has 0 unspecified atom stereocenters. The van der Waals surface area contributed by atoms with Gasteiger partial charge in [0.05, 0.1) is 6.54 Å². The van der Waals surface area contributed by atoms with Crippen LogP contribution in [0, 0.1) is 6.92 Å². The molecule has 0 radical (unpaired) electrons. The summed E-state index contributed by atoms with van der Waals surface area (Å²) in [6.07, 6.45) is 2.51. The summed E-state index contributed by atoms with van der Waals surface area (Å²) in [5, 5.41) is 14.5. The van der Waals surface area contributed by atoms with E-state index in [0.717, 1.165) is 0 Å².